The molecule has 6 heteroatoms. The molecule has 0 bridgehead atoms. The number of alkyl halides is 1. The molecule has 1 aromatic rings. The second-order valence-electron chi connectivity index (χ2n) is 5.07. The molecule has 0 N–H and O–H groups in total. The van der Waals surface area contributed by atoms with Gasteiger partial charge in [-0.25, -0.2) is 8.42 Å². The topological polar surface area (TPSA) is 54.5 Å². The highest BCUT2D eigenvalue weighted by Gasteiger charge is 2.28. The molecule has 0 spiro atoms. The van der Waals surface area contributed by atoms with Crippen LogP contribution in [-0.4, -0.2) is 43.4 Å². The van der Waals surface area contributed by atoms with Crippen LogP contribution in [0.5, 0.6) is 0 Å². The van der Waals surface area contributed by atoms with Crippen molar-refractivity contribution in [2.45, 2.75) is 30.2 Å². The van der Waals surface area contributed by atoms with Crippen LogP contribution in [0.1, 0.15) is 29.6 Å². The van der Waals surface area contributed by atoms with Crippen molar-refractivity contribution in [1.29, 1.82) is 0 Å². The maximum absolute atomic E-state index is 12.5. The number of carbonyl (C=O) groups is 1. The standard InChI is InChI=1S/C14H18BrNO3S/c1-20(18,19)13-7-5-11(6-8-13)14(17)16(10-9-15)12-3-2-4-12/h5-8,12H,2-4,9-10H2,1H3. The highest BCUT2D eigenvalue weighted by Crippen LogP contribution is 2.26. The lowest BCUT2D eigenvalue weighted by molar-refractivity contribution is 0.0599. The zero-order valence-corrected chi connectivity index (χ0v) is 13.8. The summed E-state index contributed by atoms with van der Waals surface area (Å²) >= 11 is 3.38. The molecule has 20 heavy (non-hydrogen) atoms. The highest BCUT2D eigenvalue weighted by molar-refractivity contribution is 9.09. The number of nitrogens with zero attached hydrogens (tertiary/aromatic N) is 1. The fourth-order valence-corrected chi connectivity index (χ4v) is 3.26. The first-order valence-corrected chi connectivity index (χ1v) is 9.62. The summed E-state index contributed by atoms with van der Waals surface area (Å²) < 4.78 is 22.8. The van der Waals surface area contributed by atoms with Crippen molar-refractivity contribution in [2.75, 3.05) is 18.1 Å². The molecule has 0 saturated heterocycles. The Bertz CT molecular complexity index is 579. The van der Waals surface area contributed by atoms with Gasteiger partial charge in [-0.1, -0.05) is 15.9 Å². The molecule has 0 radical (unpaired) electrons. The Morgan fingerprint density at radius 1 is 1.30 bits per heavy atom. The lowest BCUT2D eigenvalue weighted by Gasteiger charge is -2.37. The maximum atomic E-state index is 12.5. The molecule has 0 aliphatic heterocycles. The molecule has 0 aromatic heterocycles. The fourth-order valence-electron chi connectivity index (χ4n) is 2.25. The lowest BCUT2D eigenvalue weighted by Crippen LogP contribution is -2.45. The summed E-state index contributed by atoms with van der Waals surface area (Å²) in [5, 5.41) is 0.747. The summed E-state index contributed by atoms with van der Waals surface area (Å²) in [4.78, 5) is 14.6. The van der Waals surface area contributed by atoms with Crippen molar-refractivity contribution < 1.29 is 13.2 Å². The fraction of sp³-hybridized carbons (Fsp3) is 0.500. The van der Waals surface area contributed by atoms with Gasteiger partial charge in [0.15, 0.2) is 9.84 Å². The van der Waals surface area contributed by atoms with Gasteiger partial charge in [0, 0.05) is 29.7 Å². The van der Waals surface area contributed by atoms with Crippen molar-refractivity contribution in [1.82, 2.24) is 4.90 Å². The molecule has 0 atom stereocenters. The molecule has 1 amide bonds. The van der Waals surface area contributed by atoms with Crippen molar-refractivity contribution in [3.8, 4) is 0 Å². The molecular formula is C14H18BrNO3S. The minimum atomic E-state index is -3.22. The van der Waals surface area contributed by atoms with Gasteiger partial charge < -0.3 is 4.90 Å². The van der Waals surface area contributed by atoms with Gasteiger partial charge in [-0.05, 0) is 43.5 Å². The Labute approximate surface area is 128 Å². The van der Waals surface area contributed by atoms with Crippen LogP contribution in [0.15, 0.2) is 29.2 Å². The average molecular weight is 360 g/mol. The number of sulfone groups is 1. The van der Waals surface area contributed by atoms with Crippen LogP contribution in [0.2, 0.25) is 0 Å². The lowest BCUT2D eigenvalue weighted by atomic mass is 9.91. The number of halogens is 1. The van der Waals surface area contributed by atoms with Crippen LogP contribution in [0.4, 0.5) is 0 Å². The van der Waals surface area contributed by atoms with Gasteiger partial charge in [-0.3, -0.25) is 4.79 Å². The summed E-state index contributed by atoms with van der Waals surface area (Å²) in [6, 6.07) is 6.51. The van der Waals surface area contributed by atoms with E-state index in [1.54, 1.807) is 12.1 Å². The van der Waals surface area contributed by atoms with E-state index in [0.717, 1.165) is 24.4 Å². The zero-order chi connectivity index (χ0) is 14.8. The normalized spacial score (nSPS) is 15.7. The second-order valence-corrected chi connectivity index (χ2v) is 7.88. The predicted octanol–water partition coefficient (Wildman–Crippen LogP) is 2.48. The van der Waals surface area contributed by atoms with Crippen LogP contribution in [0, 0.1) is 0 Å². The van der Waals surface area contributed by atoms with Crippen LogP contribution >= 0.6 is 15.9 Å². The molecule has 1 fully saturated rings. The first-order chi connectivity index (χ1) is 9.43. The van der Waals surface area contributed by atoms with Gasteiger partial charge in [0.05, 0.1) is 4.90 Å². The molecule has 0 heterocycles. The Morgan fingerprint density at radius 3 is 2.30 bits per heavy atom. The molecule has 110 valence electrons. The molecular weight excluding hydrogens is 342 g/mol. The Morgan fingerprint density at radius 2 is 1.90 bits per heavy atom. The first-order valence-electron chi connectivity index (χ1n) is 6.60. The van der Waals surface area contributed by atoms with Gasteiger partial charge in [0.25, 0.3) is 5.91 Å². The number of hydrogen-bond acceptors (Lipinski definition) is 3. The van der Waals surface area contributed by atoms with E-state index in [1.807, 2.05) is 4.90 Å². The third-order valence-electron chi connectivity index (χ3n) is 3.63. The quantitative estimate of drug-likeness (QED) is 0.758. The monoisotopic (exact) mass is 359 g/mol. The predicted molar refractivity (Wildman–Crippen MR) is 82.0 cm³/mol. The van der Waals surface area contributed by atoms with E-state index in [-0.39, 0.29) is 10.8 Å². The molecule has 0 unspecified atom stereocenters. The zero-order valence-electron chi connectivity index (χ0n) is 11.4. The van der Waals surface area contributed by atoms with Gasteiger partial charge in [-0.15, -0.1) is 0 Å². The number of rotatable bonds is 5. The average Bonchev–Trinajstić information content (AvgIpc) is 2.34. The second kappa shape index (κ2) is 6.26. The van der Waals surface area contributed by atoms with Crippen LogP contribution in [0.25, 0.3) is 0 Å². The summed E-state index contributed by atoms with van der Waals surface area (Å²) in [5.41, 5.74) is 0.547. The van der Waals surface area contributed by atoms with Gasteiger partial charge in [0.2, 0.25) is 0 Å². The van der Waals surface area contributed by atoms with Crippen LogP contribution in [-0.2, 0) is 9.84 Å². The Balaban J connectivity index is 2.18. The Hall–Kier alpha value is -0.880. The summed E-state index contributed by atoms with van der Waals surface area (Å²) in [5.74, 6) is -0.0193. The van der Waals surface area contributed by atoms with E-state index >= 15 is 0 Å². The minimum absolute atomic E-state index is 0.0193. The van der Waals surface area contributed by atoms with Crippen LogP contribution < -0.4 is 0 Å². The highest BCUT2D eigenvalue weighted by atomic mass is 79.9. The van der Waals surface area contributed by atoms with Crippen molar-refractivity contribution in [2.24, 2.45) is 0 Å². The molecule has 1 aliphatic rings. The Kier molecular flexibility index (Phi) is 4.86. The smallest absolute Gasteiger partial charge is 0.254 e. The van der Waals surface area contributed by atoms with Gasteiger partial charge in [-0.2, -0.15) is 0 Å². The van der Waals surface area contributed by atoms with Gasteiger partial charge in [0.1, 0.15) is 0 Å². The molecule has 1 saturated carbocycles. The van der Waals surface area contributed by atoms with E-state index in [4.69, 9.17) is 0 Å². The SMILES string of the molecule is CS(=O)(=O)c1ccc(C(=O)N(CCBr)C2CCC2)cc1. The van der Waals surface area contributed by atoms with E-state index in [2.05, 4.69) is 15.9 Å². The summed E-state index contributed by atoms with van der Waals surface area (Å²) in [7, 11) is -3.22. The van der Waals surface area contributed by atoms with E-state index in [9.17, 15) is 13.2 Å². The van der Waals surface area contributed by atoms with Gasteiger partial charge >= 0.3 is 0 Å². The molecule has 4 nitrogen and oxygen atoms in total. The largest absolute Gasteiger partial charge is 0.335 e. The number of benzene rings is 1. The molecule has 1 aromatic carbocycles. The van der Waals surface area contributed by atoms with E-state index in [0.29, 0.717) is 18.2 Å². The number of carbonyl (C=O) groups excluding carboxylic acids is 1. The van der Waals surface area contributed by atoms with Crippen molar-refractivity contribution >= 4 is 31.7 Å². The van der Waals surface area contributed by atoms with Crippen molar-refractivity contribution in [3.63, 3.8) is 0 Å². The van der Waals surface area contributed by atoms with E-state index in [1.165, 1.54) is 18.6 Å². The third-order valence-corrected chi connectivity index (χ3v) is 5.11. The first kappa shape index (κ1) is 15.5. The van der Waals surface area contributed by atoms with Crippen LogP contribution in [0.3, 0.4) is 0 Å². The molecule has 2 rings (SSSR count). The number of hydrogen-bond donors (Lipinski definition) is 0. The van der Waals surface area contributed by atoms with Crippen molar-refractivity contribution in [3.05, 3.63) is 29.8 Å². The number of amides is 1. The summed E-state index contributed by atoms with van der Waals surface area (Å²) in [6.07, 6.45) is 4.44. The third kappa shape index (κ3) is 3.41. The maximum Gasteiger partial charge on any atom is 0.254 e. The minimum Gasteiger partial charge on any atom is -0.335 e. The van der Waals surface area contributed by atoms with E-state index < -0.39 is 9.84 Å². The molecule has 1 aliphatic carbocycles. The summed E-state index contributed by atoms with van der Waals surface area (Å²) in [6.45, 7) is 0.678.